The zero-order chi connectivity index (χ0) is 22.8. The summed E-state index contributed by atoms with van der Waals surface area (Å²) in [6.45, 7) is 4.06. The molecular formula is C25H27N5OS. The minimum Gasteiger partial charge on any atom is -0.362 e. The summed E-state index contributed by atoms with van der Waals surface area (Å²) in [6, 6.07) is 17.7. The number of rotatable bonds is 6. The van der Waals surface area contributed by atoms with Crippen molar-refractivity contribution in [1.29, 1.82) is 0 Å². The second kappa shape index (κ2) is 8.96. The molecule has 0 saturated heterocycles. The smallest absolute Gasteiger partial charge is 0.257 e. The summed E-state index contributed by atoms with van der Waals surface area (Å²) < 4.78 is 0. The molecule has 0 bridgehead atoms. The highest BCUT2D eigenvalue weighted by Gasteiger charge is 2.24. The number of nitrogens with one attached hydrogen (secondary N) is 1. The summed E-state index contributed by atoms with van der Waals surface area (Å²) in [7, 11) is 5.63. The van der Waals surface area contributed by atoms with Gasteiger partial charge < -0.3 is 9.80 Å². The highest BCUT2D eigenvalue weighted by atomic mass is 32.1. The molecule has 0 spiro atoms. The standard InChI is InChI=1S/C25H27N5OS/c1-16-13-23(32-15-16)20-12-11-19(24(26-20)29(3)4)25(31)30(5)17(2)21-14-22(28-27-21)18-9-7-6-8-10-18/h6-15,17H,1-5H3,(H,27,28). The van der Waals surface area contributed by atoms with E-state index in [0.717, 1.165) is 27.5 Å². The number of carbonyl (C=O) groups excluding carboxylic acids is 1. The number of hydrogen-bond donors (Lipinski definition) is 1. The molecule has 3 heterocycles. The van der Waals surface area contributed by atoms with Crippen LogP contribution in [0, 0.1) is 6.92 Å². The average Bonchev–Trinajstić information content (AvgIpc) is 3.47. The third kappa shape index (κ3) is 4.29. The van der Waals surface area contributed by atoms with Gasteiger partial charge in [0.25, 0.3) is 5.91 Å². The first-order valence-electron chi connectivity index (χ1n) is 10.5. The highest BCUT2D eigenvalue weighted by Crippen LogP contribution is 2.30. The van der Waals surface area contributed by atoms with Crippen molar-refractivity contribution in [3.8, 4) is 21.8 Å². The summed E-state index contributed by atoms with van der Waals surface area (Å²) in [5, 5.41) is 9.63. The molecule has 0 radical (unpaired) electrons. The normalized spacial score (nSPS) is 11.9. The number of benzene rings is 1. The van der Waals surface area contributed by atoms with Crippen LogP contribution in [0.4, 0.5) is 5.82 Å². The van der Waals surface area contributed by atoms with Crippen LogP contribution < -0.4 is 4.90 Å². The Morgan fingerprint density at radius 3 is 2.44 bits per heavy atom. The number of aryl methyl sites for hydroxylation is 1. The number of H-pyrrole nitrogens is 1. The van der Waals surface area contributed by atoms with Crippen LogP contribution in [-0.2, 0) is 0 Å². The fraction of sp³-hybridized carbons (Fsp3) is 0.240. The molecule has 1 aromatic carbocycles. The van der Waals surface area contributed by atoms with E-state index in [1.54, 1.807) is 16.2 Å². The second-order valence-electron chi connectivity index (χ2n) is 8.12. The molecule has 7 heteroatoms. The molecule has 4 aromatic rings. The minimum absolute atomic E-state index is 0.0847. The zero-order valence-electron chi connectivity index (χ0n) is 19.0. The summed E-state index contributed by atoms with van der Waals surface area (Å²) in [6.07, 6.45) is 0. The fourth-order valence-corrected chi connectivity index (χ4v) is 4.41. The molecule has 0 fully saturated rings. The molecule has 1 amide bonds. The van der Waals surface area contributed by atoms with Crippen molar-refractivity contribution >= 4 is 23.1 Å². The molecule has 0 saturated carbocycles. The van der Waals surface area contributed by atoms with Crippen molar-refractivity contribution < 1.29 is 4.79 Å². The Hall–Kier alpha value is -3.45. The first-order chi connectivity index (χ1) is 15.3. The summed E-state index contributed by atoms with van der Waals surface area (Å²) in [4.78, 5) is 23.0. The number of thiophene rings is 1. The van der Waals surface area contributed by atoms with E-state index in [1.807, 2.05) is 81.5 Å². The van der Waals surface area contributed by atoms with E-state index in [1.165, 1.54) is 5.56 Å². The first kappa shape index (κ1) is 21.8. The molecule has 32 heavy (non-hydrogen) atoms. The Balaban J connectivity index is 1.60. The SMILES string of the molecule is Cc1csc(-c2ccc(C(=O)N(C)C(C)c3cc(-c4ccccc4)n[nH]3)c(N(C)C)n2)c1. The monoisotopic (exact) mass is 445 g/mol. The lowest BCUT2D eigenvalue weighted by Gasteiger charge is -2.26. The van der Waals surface area contributed by atoms with Gasteiger partial charge in [0, 0.05) is 26.7 Å². The molecule has 1 N–H and O–H groups in total. The lowest BCUT2D eigenvalue weighted by molar-refractivity contribution is 0.0740. The van der Waals surface area contributed by atoms with Gasteiger partial charge >= 0.3 is 0 Å². The van der Waals surface area contributed by atoms with Crippen LogP contribution in [0.5, 0.6) is 0 Å². The Morgan fingerprint density at radius 2 is 1.78 bits per heavy atom. The molecule has 0 aliphatic heterocycles. The van der Waals surface area contributed by atoms with E-state index in [4.69, 9.17) is 4.98 Å². The largest absolute Gasteiger partial charge is 0.362 e. The van der Waals surface area contributed by atoms with Crippen molar-refractivity contribution in [2.24, 2.45) is 0 Å². The Morgan fingerprint density at radius 1 is 1.03 bits per heavy atom. The van der Waals surface area contributed by atoms with Gasteiger partial charge in [0.15, 0.2) is 0 Å². The second-order valence-corrected chi connectivity index (χ2v) is 9.03. The summed E-state index contributed by atoms with van der Waals surface area (Å²) >= 11 is 1.66. The van der Waals surface area contributed by atoms with Crippen LogP contribution in [0.25, 0.3) is 21.8 Å². The zero-order valence-corrected chi connectivity index (χ0v) is 19.8. The predicted octanol–water partition coefficient (Wildman–Crippen LogP) is 5.41. The number of hydrogen-bond acceptors (Lipinski definition) is 5. The third-order valence-electron chi connectivity index (χ3n) is 5.53. The number of pyridine rings is 1. The van der Waals surface area contributed by atoms with E-state index >= 15 is 0 Å². The molecule has 164 valence electrons. The van der Waals surface area contributed by atoms with Crippen molar-refractivity contribution in [2.75, 3.05) is 26.0 Å². The van der Waals surface area contributed by atoms with Gasteiger partial charge in [-0.25, -0.2) is 4.98 Å². The Labute approximate surface area is 192 Å². The maximum absolute atomic E-state index is 13.4. The molecule has 0 aliphatic carbocycles. The van der Waals surface area contributed by atoms with E-state index in [-0.39, 0.29) is 11.9 Å². The van der Waals surface area contributed by atoms with Gasteiger partial charge in [0.1, 0.15) is 5.82 Å². The van der Waals surface area contributed by atoms with Crippen LogP contribution >= 0.6 is 11.3 Å². The van der Waals surface area contributed by atoms with E-state index < -0.39 is 0 Å². The quantitative estimate of drug-likeness (QED) is 0.431. The number of aromatic amines is 1. The molecule has 3 aromatic heterocycles. The van der Waals surface area contributed by atoms with Crippen molar-refractivity contribution in [3.63, 3.8) is 0 Å². The maximum atomic E-state index is 13.4. The summed E-state index contributed by atoms with van der Waals surface area (Å²) in [5.41, 5.74) is 5.43. The summed E-state index contributed by atoms with van der Waals surface area (Å²) in [5.74, 6) is 0.575. The van der Waals surface area contributed by atoms with Crippen LogP contribution in [0.3, 0.4) is 0 Å². The van der Waals surface area contributed by atoms with Crippen LogP contribution in [0.1, 0.15) is 34.6 Å². The van der Waals surface area contributed by atoms with E-state index in [0.29, 0.717) is 11.4 Å². The fourth-order valence-electron chi connectivity index (χ4n) is 3.54. The maximum Gasteiger partial charge on any atom is 0.257 e. The van der Waals surface area contributed by atoms with Crippen molar-refractivity contribution in [3.05, 3.63) is 76.8 Å². The number of amides is 1. The van der Waals surface area contributed by atoms with Crippen LogP contribution in [0.2, 0.25) is 0 Å². The van der Waals surface area contributed by atoms with E-state index in [2.05, 4.69) is 28.6 Å². The minimum atomic E-state index is -0.179. The van der Waals surface area contributed by atoms with Gasteiger partial charge in [-0.15, -0.1) is 11.3 Å². The van der Waals surface area contributed by atoms with E-state index in [9.17, 15) is 4.79 Å². The van der Waals surface area contributed by atoms with Gasteiger partial charge in [-0.3, -0.25) is 9.89 Å². The third-order valence-corrected chi connectivity index (χ3v) is 6.60. The van der Waals surface area contributed by atoms with Gasteiger partial charge in [0.05, 0.1) is 33.6 Å². The van der Waals surface area contributed by atoms with Crippen molar-refractivity contribution in [1.82, 2.24) is 20.1 Å². The topological polar surface area (TPSA) is 65.1 Å². The number of carbonyl (C=O) groups is 1. The molecule has 1 unspecified atom stereocenters. The van der Waals surface area contributed by atoms with Gasteiger partial charge in [-0.05, 0) is 49.1 Å². The number of nitrogens with zero attached hydrogens (tertiary/aromatic N) is 4. The molecule has 6 nitrogen and oxygen atoms in total. The van der Waals surface area contributed by atoms with Gasteiger partial charge in [-0.1, -0.05) is 30.3 Å². The Bertz CT molecular complexity index is 1230. The molecular weight excluding hydrogens is 418 g/mol. The van der Waals surface area contributed by atoms with Gasteiger partial charge in [0.2, 0.25) is 0 Å². The average molecular weight is 446 g/mol. The Kier molecular flexibility index (Phi) is 6.10. The first-order valence-corrected chi connectivity index (χ1v) is 11.3. The lowest BCUT2D eigenvalue weighted by Crippen LogP contribution is -2.31. The lowest BCUT2D eigenvalue weighted by atomic mass is 10.1. The molecule has 1 atom stereocenters. The van der Waals surface area contributed by atoms with Crippen molar-refractivity contribution in [2.45, 2.75) is 19.9 Å². The van der Waals surface area contributed by atoms with Crippen LogP contribution in [0.15, 0.2) is 60.0 Å². The predicted molar refractivity (Wildman–Crippen MR) is 131 cm³/mol. The van der Waals surface area contributed by atoms with Gasteiger partial charge in [-0.2, -0.15) is 5.10 Å². The van der Waals surface area contributed by atoms with Crippen LogP contribution in [-0.4, -0.2) is 47.1 Å². The highest BCUT2D eigenvalue weighted by molar-refractivity contribution is 7.13. The number of anilines is 1. The molecule has 4 rings (SSSR count). The molecule has 0 aliphatic rings. The number of aromatic nitrogens is 3.